The molecule has 1 fully saturated rings. The summed E-state index contributed by atoms with van der Waals surface area (Å²) < 4.78 is 16.0. The normalized spacial score (nSPS) is 15.9. The average Bonchev–Trinajstić information content (AvgIpc) is 3.48. The zero-order valence-electron chi connectivity index (χ0n) is 20.5. The molecule has 35 heavy (non-hydrogen) atoms. The molecule has 1 saturated heterocycles. The molecule has 0 atom stereocenters. The monoisotopic (exact) mass is 475 g/mol. The summed E-state index contributed by atoms with van der Waals surface area (Å²) in [5.74, 6) is -0.471. The van der Waals surface area contributed by atoms with Crippen molar-refractivity contribution < 1.29 is 9.18 Å². The predicted molar refractivity (Wildman–Crippen MR) is 137 cm³/mol. The Bertz CT molecular complexity index is 1180. The molecule has 0 radical (unpaired) electrons. The van der Waals surface area contributed by atoms with Crippen LogP contribution in [-0.2, 0) is 12.8 Å². The number of hydrogen-bond donors (Lipinski definition) is 1. The Balaban J connectivity index is 1.08. The van der Waals surface area contributed by atoms with Crippen molar-refractivity contribution in [2.45, 2.75) is 39.0 Å². The molecule has 3 aromatic rings. The molecule has 0 unspecified atom stereocenters. The van der Waals surface area contributed by atoms with Crippen LogP contribution in [0.3, 0.4) is 0 Å². The van der Waals surface area contributed by atoms with Gasteiger partial charge in [0.05, 0.1) is 0 Å². The van der Waals surface area contributed by atoms with Crippen LogP contribution >= 0.6 is 0 Å². The summed E-state index contributed by atoms with van der Waals surface area (Å²) in [5.41, 5.74) is 5.41. The summed E-state index contributed by atoms with van der Waals surface area (Å²) in [7, 11) is 0. The van der Waals surface area contributed by atoms with Gasteiger partial charge in [-0.3, -0.25) is 9.69 Å². The number of rotatable bonds is 8. The summed E-state index contributed by atoms with van der Waals surface area (Å²) in [5, 5.41) is 7.57. The van der Waals surface area contributed by atoms with Crippen LogP contribution in [0.25, 0.3) is 5.69 Å². The summed E-state index contributed by atoms with van der Waals surface area (Å²) >= 11 is 0. The van der Waals surface area contributed by atoms with Crippen LogP contribution in [0.1, 0.15) is 46.6 Å². The van der Waals surface area contributed by atoms with Gasteiger partial charge in [0.15, 0.2) is 5.69 Å². The quantitative estimate of drug-likeness (QED) is 0.498. The Morgan fingerprint density at radius 3 is 2.66 bits per heavy atom. The molecule has 0 saturated carbocycles. The highest BCUT2D eigenvalue weighted by atomic mass is 19.1. The van der Waals surface area contributed by atoms with Crippen molar-refractivity contribution in [1.29, 1.82) is 0 Å². The number of halogens is 1. The standard InChI is InChI=1S/C28H34FN5O/c1-21-8-6-9-22(20-21)33-18-16-32(17-19-33)15-5-4-14-30-28(35)27-23-10-7-13-25(23)34(31-27)26-12-3-2-11-24(26)29/h2-3,6,8-9,11-12,20H,4-5,7,10,13-19H2,1H3,(H,30,35). The number of aromatic nitrogens is 2. The molecule has 1 N–H and O–H groups in total. The van der Waals surface area contributed by atoms with Gasteiger partial charge < -0.3 is 10.2 Å². The summed E-state index contributed by atoms with van der Waals surface area (Å²) in [6, 6.07) is 15.3. The molecule has 5 rings (SSSR count). The summed E-state index contributed by atoms with van der Waals surface area (Å²) in [6.07, 6.45) is 4.59. The van der Waals surface area contributed by atoms with Crippen molar-refractivity contribution in [2.24, 2.45) is 0 Å². The van der Waals surface area contributed by atoms with Crippen LogP contribution in [0.15, 0.2) is 48.5 Å². The second kappa shape index (κ2) is 10.6. The molecule has 6 nitrogen and oxygen atoms in total. The Morgan fingerprint density at radius 2 is 1.86 bits per heavy atom. The molecule has 2 aliphatic rings. The van der Waals surface area contributed by atoms with E-state index >= 15 is 0 Å². The SMILES string of the molecule is Cc1cccc(N2CCN(CCCCNC(=O)c3nn(-c4ccccc4F)c4c3CCC4)CC2)c1. The van der Waals surface area contributed by atoms with Crippen LogP contribution in [0.2, 0.25) is 0 Å². The van der Waals surface area contributed by atoms with Gasteiger partial charge in [0, 0.05) is 49.7 Å². The van der Waals surface area contributed by atoms with Gasteiger partial charge in [-0.15, -0.1) is 0 Å². The first-order valence-electron chi connectivity index (χ1n) is 12.8. The van der Waals surface area contributed by atoms with Gasteiger partial charge in [0.2, 0.25) is 0 Å². The Morgan fingerprint density at radius 1 is 1.03 bits per heavy atom. The average molecular weight is 476 g/mol. The van der Waals surface area contributed by atoms with E-state index in [2.05, 4.69) is 51.4 Å². The minimum atomic E-state index is -0.323. The van der Waals surface area contributed by atoms with Crippen LogP contribution < -0.4 is 10.2 Å². The number of nitrogens with zero attached hydrogens (tertiary/aromatic N) is 4. The van der Waals surface area contributed by atoms with Crippen molar-refractivity contribution >= 4 is 11.6 Å². The number of unbranched alkanes of at least 4 members (excludes halogenated alkanes) is 1. The number of carbonyl (C=O) groups excluding carboxylic acids is 1. The molecule has 1 aliphatic carbocycles. The lowest BCUT2D eigenvalue weighted by atomic mass is 10.2. The number of nitrogens with one attached hydrogen (secondary N) is 1. The third-order valence-corrected chi connectivity index (χ3v) is 7.15. The number of para-hydroxylation sites is 1. The van der Waals surface area contributed by atoms with Crippen molar-refractivity contribution in [3.8, 4) is 5.69 Å². The minimum Gasteiger partial charge on any atom is -0.369 e. The van der Waals surface area contributed by atoms with Crippen molar-refractivity contribution in [3.05, 3.63) is 76.9 Å². The predicted octanol–water partition coefficient (Wildman–Crippen LogP) is 4.14. The molecule has 1 aromatic heterocycles. The number of piperazine rings is 1. The lowest BCUT2D eigenvalue weighted by Gasteiger charge is -2.36. The largest absolute Gasteiger partial charge is 0.369 e. The minimum absolute atomic E-state index is 0.148. The number of anilines is 1. The maximum atomic E-state index is 14.4. The molecule has 2 heterocycles. The van der Waals surface area contributed by atoms with Gasteiger partial charge in [0.25, 0.3) is 5.91 Å². The van der Waals surface area contributed by atoms with E-state index in [1.165, 1.54) is 17.3 Å². The van der Waals surface area contributed by atoms with E-state index in [1.807, 2.05) is 0 Å². The number of benzene rings is 2. The zero-order chi connectivity index (χ0) is 24.2. The lowest BCUT2D eigenvalue weighted by molar-refractivity contribution is 0.0946. The van der Waals surface area contributed by atoms with Crippen molar-refractivity contribution in [1.82, 2.24) is 20.0 Å². The first-order valence-corrected chi connectivity index (χ1v) is 12.8. The number of hydrogen-bond acceptors (Lipinski definition) is 4. The highest BCUT2D eigenvalue weighted by molar-refractivity contribution is 5.94. The lowest BCUT2D eigenvalue weighted by Crippen LogP contribution is -2.46. The third-order valence-electron chi connectivity index (χ3n) is 7.15. The number of carbonyl (C=O) groups is 1. The number of aryl methyl sites for hydroxylation is 1. The molecule has 0 spiro atoms. The van der Waals surface area contributed by atoms with Gasteiger partial charge in [-0.25, -0.2) is 9.07 Å². The Hall–Kier alpha value is -3.19. The van der Waals surface area contributed by atoms with Gasteiger partial charge in [-0.1, -0.05) is 24.3 Å². The summed E-state index contributed by atoms with van der Waals surface area (Å²) in [4.78, 5) is 17.9. The molecular formula is C28H34FN5O. The Kier molecular flexibility index (Phi) is 7.13. The number of fused-ring (bicyclic) bond motifs is 1. The number of amides is 1. The first kappa shape index (κ1) is 23.5. The molecular weight excluding hydrogens is 441 g/mol. The third kappa shape index (κ3) is 5.25. The fourth-order valence-electron chi connectivity index (χ4n) is 5.24. The second-order valence-corrected chi connectivity index (χ2v) is 9.62. The van der Waals surface area contributed by atoms with Crippen molar-refractivity contribution in [2.75, 3.05) is 44.2 Å². The maximum Gasteiger partial charge on any atom is 0.272 e. The fraction of sp³-hybridized carbons (Fsp3) is 0.429. The molecule has 1 amide bonds. The van der Waals surface area contributed by atoms with E-state index in [1.54, 1.807) is 22.9 Å². The Labute approximate surface area is 206 Å². The second-order valence-electron chi connectivity index (χ2n) is 9.62. The van der Waals surface area contributed by atoms with Crippen LogP contribution in [0.5, 0.6) is 0 Å². The van der Waals surface area contributed by atoms with Crippen LogP contribution in [0.4, 0.5) is 10.1 Å². The molecule has 184 valence electrons. The fourth-order valence-corrected chi connectivity index (χ4v) is 5.24. The van der Waals surface area contributed by atoms with Gasteiger partial charge in [-0.2, -0.15) is 5.10 Å². The molecule has 7 heteroatoms. The zero-order valence-corrected chi connectivity index (χ0v) is 20.5. The molecule has 2 aromatic carbocycles. The van der Waals surface area contributed by atoms with E-state index in [0.717, 1.165) is 76.1 Å². The van der Waals surface area contributed by atoms with E-state index in [-0.39, 0.29) is 11.7 Å². The summed E-state index contributed by atoms with van der Waals surface area (Å²) in [6.45, 7) is 8.06. The van der Waals surface area contributed by atoms with E-state index < -0.39 is 0 Å². The van der Waals surface area contributed by atoms with Gasteiger partial charge in [-0.05, 0) is 75.4 Å². The van der Waals surface area contributed by atoms with Crippen LogP contribution in [0, 0.1) is 12.7 Å². The molecule has 0 bridgehead atoms. The topological polar surface area (TPSA) is 53.4 Å². The van der Waals surface area contributed by atoms with Gasteiger partial charge >= 0.3 is 0 Å². The van der Waals surface area contributed by atoms with E-state index in [4.69, 9.17) is 0 Å². The highest BCUT2D eigenvalue weighted by Crippen LogP contribution is 2.28. The molecule has 1 aliphatic heterocycles. The highest BCUT2D eigenvalue weighted by Gasteiger charge is 2.27. The van der Waals surface area contributed by atoms with Gasteiger partial charge in [0.1, 0.15) is 11.5 Å². The van der Waals surface area contributed by atoms with Crippen molar-refractivity contribution in [3.63, 3.8) is 0 Å². The van der Waals surface area contributed by atoms with E-state index in [9.17, 15) is 9.18 Å². The maximum absolute atomic E-state index is 14.4. The van der Waals surface area contributed by atoms with E-state index in [0.29, 0.717) is 17.9 Å². The van der Waals surface area contributed by atoms with Crippen LogP contribution in [-0.4, -0.2) is 59.9 Å². The first-order chi connectivity index (χ1) is 17.1. The smallest absolute Gasteiger partial charge is 0.272 e.